The predicted molar refractivity (Wildman–Crippen MR) is 181 cm³/mol. The van der Waals surface area contributed by atoms with Crippen molar-refractivity contribution in [3.05, 3.63) is 59.7 Å². The molecule has 226 valence electrons. The highest BCUT2D eigenvalue weighted by molar-refractivity contribution is 8.18. The summed E-state index contributed by atoms with van der Waals surface area (Å²) >= 11 is 3.98. The number of hydrogen-bond donors (Lipinski definition) is 0. The van der Waals surface area contributed by atoms with Crippen molar-refractivity contribution in [3.8, 4) is 11.5 Å². The number of cyclic esters (lactones) is 1. The van der Waals surface area contributed by atoms with Crippen LogP contribution in [0.5, 0.6) is 11.5 Å². The molecule has 2 fully saturated rings. The van der Waals surface area contributed by atoms with Crippen LogP contribution in [-0.4, -0.2) is 40.7 Å². The van der Waals surface area contributed by atoms with E-state index >= 15 is 0 Å². The molecule has 8 heteroatoms. The fourth-order valence-electron chi connectivity index (χ4n) is 4.96. The molecule has 2 atom stereocenters. The molecule has 0 aromatic heterocycles. The first-order valence-electron chi connectivity index (χ1n) is 15.0. The van der Waals surface area contributed by atoms with Gasteiger partial charge in [-0.15, -0.1) is 23.5 Å². The molecule has 2 aromatic carbocycles. The topological polar surface area (TPSA) is 44.8 Å². The number of hydrogen-bond acceptors (Lipinski definition) is 6. The lowest BCUT2D eigenvalue weighted by Gasteiger charge is -2.42. The van der Waals surface area contributed by atoms with Crippen LogP contribution in [0.3, 0.4) is 0 Å². The zero-order chi connectivity index (χ0) is 30.3. The smallest absolute Gasteiger partial charge is 0.309 e. The molecule has 2 saturated heterocycles. The van der Waals surface area contributed by atoms with Gasteiger partial charge in [-0.2, -0.15) is 0 Å². The molecule has 4 nitrogen and oxygen atoms in total. The third-order valence-corrected chi connectivity index (χ3v) is 21.9. The molecular weight excluding hydrogens is 581 g/mol. The molecular formula is C33H50O4S2Si2. The summed E-state index contributed by atoms with van der Waals surface area (Å²) in [5.74, 6) is 3.78. The quantitative estimate of drug-likeness (QED) is 0.214. The van der Waals surface area contributed by atoms with Crippen molar-refractivity contribution in [2.75, 3.05) is 18.1 Å². The molecule has 2 aromatic rings. The Morgan fingerprint density at radius 2 is 1.39 bits per heavy atom. The summed E-state index contributed by atoms with van der Waals surface area (Å²) in [6.45, 7) is 23.2. The molecule has 0 unspecified atom stereocenters. The van der Waals surface area contributed by atoms with Crippen LogP contribution >= 0.6 is 23.5 Å². The number of esters is 1. The van der Waals surface area contributed by atoms with Gasteiger partial charge in [0.25, 0.3) is 0 Å². The van der Waals surface area contributed by atoms with E-state index in [4.69, 9.17) is 13.6 Å². The maximum absolute atomic E-state index is 13.3. The van der Waals surface area contributed by atoms with Crippen molar-refractivity contribution in [3.63, 3.8) is 0 Å². The van der Waals surface area contributed by atoms with Crippen LogP contribution in [0.15, 0.2) is 48.5 Å². The molecule has 4 rings (SSSR count). The summed E-state index contributed by atoms with van der Waals surface area (Å²) in [6, 6.07) is 17.1. The molecule has 0 amide bonds. The Kier molecular flexibility index (Phi) is 9.50. The average Bonchev–Trinajstić information content (AvgIpc) is 3.23. The van der Waals surface area contributed by atoms with Crippen molar-refractivity contribution >= 4 is 46.1 Å². The minimum absolute atomic E-state index is 0.0680. The van der Waals surface area contributed by atoms with Crippen molar-refractivity contribution < 1.29 is 18.4 Å². The van der Waals surface area contributed by atoms with E-state index in [1.54, 1.807) is 0 Å². The first-order chi connectivity index (χ1) is 19.0. The summed E-state index contributed by atoms with van der Waals surface area (Å²) in [7, 11) is -3.95. The van der Waals surface area contributed by atoms with Crippen LogP contribution < -0.4 is 8.85 Å². The van der Waals surface area contributed by atoms with Gasteiger partial charge < -0.3 is 13.6 Å². The highest BCUT2D eigenvalue weighted by Crippen LogP contribution is 2.59. The highest BCUT2D eigenvalue weighted by atomic mass is 32.2. The molecule has 0 N–H and O–H groups in total. The minimum Gasteiger partial charge on any atom is -0.543 e. The van der Waals surface area contributed by atoms with Crippen molar-refractivity contribution in [2.45, 2.75) is 94.7 Å². The van der Waals surface area contributed by atoms with Gasteiger partial charge in [0.1, 0.15) is 11.5 Å². The predicted octanol–water partition coefficient (Wildman–Crippen LogP) is 9.51. The van der Waals surface area contributed by atoms with Gasteiger partial charge in [0, 0.05) is 5.92 Å². The van der Waals surface area contributed by atoms with E-state index in [-0.39, 0.29) is 32.0 Å². The first kappa shape index (κ1) is 32.6. The summed E-state index contributed by atoms with van der Waals surface area (Å²) in [5, 5.41) is 0.239. The van der Waals surface area contributed by atoms with Gasteiger partial charge >= 0.3 is 5.97 Å². The van der Waals surface area contributed by atoms with Gasteiger partial charge in [-0.25, -0.2) is 0 Å². The molecule has 0 radical (unpaired) electrons. The average molecular weight is 631 g/mol. The Morgan fingerprint density at radius 1 is 0.854 bits per heavy atom. The fourth-order valence-corrected chi connectivity index (χ4v) is 10.7. The van der Waals surface area contributed by atoms with E-state index in [1.165, 1.54) is 12.0 Å². The molecule has 2 aliphatic rings. The number of rotatable bonds is 8. The van der Waals surface area contributed by atoms with E-state index in [0.29, 0.717) is 13.0 Å². The van der Waals surface area contributed by atoms with E-state index in [9.17, 15) is 4.79 Å². The van der Waals surface area contributed by atoms with Crippen LogP contribution in [0, 0.1) is 11.8 Å². The second kappa shape index (κ2) is 12.0. The number of carbonyl (C=O) groups excluding carboxylic acids is 1. The third-order valence-electron chi connectivity index (χ3n) is 9.55. The SMILES string of the molecule is CC(C)(C)[Si](C)(C)Oc1cccc(C[C@H]2C(=O)OC[C@@H]2C2(c3cccc(O[Si](C)(C)C(C)(C)C)c3)SCCCS2)c1. The zero-order valence-corrected chi connectivity index (χ0v) is 30.4. The molecule has 0 aliphatic carbocycles. The monoisotopic (exact) mass is 630 g/mol. The fraction of sp³-hybridized carbons (Fsp3) is 0.606. The van der Waals surface area contributed by atoms with Crippen molar-refractivity contribution in [1.82, 2.24) is 0 Å². The molecule has 41 heavy (non-hydrogen) atoms. The Bertz CT molecular complexity index is 1230. The van der Waals surface area contributed by atoms with E-state index < -0.39 is 16.6 Å². The highest BCUT2D eigenvalue weighted by Gasteiger charge is 2.53. The van der Waals surface area contributed by atoms with E-state index in [2.05, 4.69) is 116 Å². The van der Waals surface area contributed by atoms with Crippen LogP contribution in [0.2, 0.25) is 36.3 Å². The largest absolute Gasteiger partial charge is 0.543 e. The van der Waals surface area contributed by atoms with Gasteiger partial charge in [0.05, 0.1) is 16.6 Å². The van der Waals surface area contributed by atoms with E-state index in [1.807, 2.05) is 23.5 Å². The summed E-state index contributed by atoms with van der Waals surface area (Å²) in [4.78, 5) is 13.3. The van der Waals surface area contributed by atoms with Gasteiger partial charge in [-0.05, 0) is 96.0 Å². The maximum Gasteiger partial charge on any atom is 0.309 e. The van der Waals surface area contributed by atoms with Crippen molar-refractivity contribution in [1.29, 1.82) is 0 Å². The lowest BCUT2D eigenvalue weighted by molar-refractivity contribution is -0.141. The van der Waals surface area contributed by atoms with Gasteiger partial charge in [0.15, 0.2) is 0 Å². The molecule has 0 bridgehead atoms. The van der Waals surface area contributed by atoms with Crippen LogP contribution in [-0.2, 0) is 20.0 Å². The third kappa shape index (κ3) is 7.07. The second-order valence-electron chi connectivity index (χ2n) is 14.7. The Labute approximate surface area is 259 Å². The standard InChI is InChI=1S/C33H50O4S2Si2/c1-31(2,3)40(7,8)36-26-16-11-14-24(20-26)21-28-29(23-35-30(28)34)33(38-18-13-19-39-33)25-15-12-17-27(22-25)37-41(9,10)32(4,5)6/h11-12,14-17,20,22,28-29H,13,18-19,21,23H2,1-10H3/t28-,29+/m1/s1. The van der Waals surface area contributed by atoms with E-state index in [0.717, 1.165) is 28.6 Å². The Balaban J connectivity index is 1.64. The second-order valence-corrected chi connectivity index (χ2v) is 27.1. The Hall–Kier alpha value is -1.36. The van der Waals surface area contributed by atoms with Gasteiger partial charge in [-0.1, -0.05) is 65.8 Å². The normalized spacial score (nSPS) is 21.9. The minimum atomic E-state index is -1.99. The molecule has 2 aliphatic heterocycles. The first-order valence-corrected chi connectivity index (χ1v) is 22.8. The number of benzene rings is 2. The lowest BCUT2D eigenvalue weighted by Crippen LogP contribution is -2.44. The zero-order valence-electron chi connectivity index (χ0n) is 26.8. The van der Waals surface area contributed by atoms with Crippen LogP contribution in [0.1, 0.15) is 59.1 Å². The molecule has 0 saturated carbocycles. The van der Waals surface area contributed by atoms with Crippen LogP contribution in [0.4, 0.5) is 0 Å². The summed E-state index contributed by atoms with van der Waals surface area (Å²) < 4.78 is 18.9. The lowest BCUT2D eigenvalue weighted by atomic mass is 9.84. The number of thioether (sulfide) groups is 2. The van der Waals surface area contributed by atoms with Crippen LogP contribution in [0.25, 0.3) is 0 Å². The summed E-state index contributed by atoms with van der Waals surface area (Å²) in [6.07, 6.45) is 1.83. The summed E-state index contributed by atoms with van der Waals surface area (Å²) in [5.41, 5.74) is 2.37. The molecule has 0 spiro atoms. The van der Waals surface area contributed by atoms with Gasteiger partial charge in [0.2, 0.25) is 16.6 Å². The number of carbonyl (C=O) groups is 1. The van der Waals surface area contributed by atoms with Gasteiger partial charge in [-0.3, -0.25) is 4.79 Å². The van der Waals surface area contributed by atoms with Crippen molar-refractivity contribution in [2.24, 2.45) is 11.8 Å². The number of ether oxygens (including phenoxy) is 1. The molecule has 2 heterocycles. The maximum atomic E-state index is 13.3. The Morgan fingerprint density at radius 3 is 1.95 bits per heavy atom.